The van der Waals surface area contributed by atoms with Crippen LogP contribution in [0.15, 0.2) is 30.3 Å². The van der Waals surface area contributed by atoms with E-state index in [1.165, 1.54) is 0 Å². The number of carboxylic acid groups (broad SMARTS) is 1. The van der Waals surface area contributed by atoms with Gasteiger partial charge in [0.2, 0.25) is 0 Å². The number of benzene rings is 1. The summed E-state index contributed by atoms with van der Waals surface area (Å²) in [6.07, 6.45) is 2.71. The van der Waals surface area contributed by atoms with Crippen LogP contribution in [0.2, 0.25) is 0 Å². The fourth-order valence-electron chi connectivity index (χ4n) is 2.81. The van der Waals surface area contributed by atoms with Crippen LogP contribution in [0.25, 0.3) is 0 Å². The van der Waals surface area contributed by atoms with Crippen LogP contribution in [0, 0.1) is 5.92 Å². The van der Waals surface area contributed by atoms with E-state index in [0.717, 1.165) is 18.5 Å². The Labute approximate surface area is 136 Å². The molecule has 0 bridgehead atoms. The number of urea groups is 1. The number of para-hydroxylation sites is 1. The van der Waals surface area contributed by atoms with Crippen LogP contribution < -0.4 is 16.0 Å². The summed E-state index contributed by atoms with van der Waals surface area (Å²) in [6.45, 7) is 2.58. The van der Waals surface area contributed by atoms with Gasteiger partial charge < -0.3 is 21.1 Å². The van der Waals surface area contributed by atoms with Gasteiger partial charge in [0, 0.05) is 24.3 Å². The third-order valence-corrected chi connectivity index (χ3v) is 4.18. The van der Waals surface area contributed by atoms with Crippen LogP contribution in [-0.4, -0.2) is 35.7 Å². The Hall–Kier alpha value is -2.24. The largest absolute Gasteiger partial charge is 0.481 e. The van der Waals surface area contributed by atoms with Crippen molar-refractivity contribution < 1.29 is 14.7 Å². The fraction of sp³-hybridized carbons (Fsp3) is 0.529. The van der Waals surface area contributed by atoms with Crippen LogP contribution in [-0.2, 0) is 4.79 Å². The molecule has 1 aromatic rings. The molecular formula is C17H25N3O3. The van der Waals surface area contributed by atoms with Crippen LogP contribution in [0.3, 0.4) is 0 Å². The molecule has 1 aliphatic carbocycles. The minimum atomic E-state index is -0.728. The summed E-state index contributed by atoms with van der Waals surface area (Å²) in [5.41, 5.74) is 1.02. The fourth-order valence-corrected chi connectivity index (χ4v) is 2.81. The number of carbonyl (C=O) groups is 2. The third kappa shape index (κ3) is 5.81. The Morgan fingerprint density at radius 1 is 1.17 bits per heavy atom. The van der Waals surface area contributed by atoms with Crippen molar-refractivity contribution in [2.24, 2.45) is 5.92 Å². The Kier molecular flexibility index (Phi) is 6.26. The number of anilines is 1. The van der Waals surface area contributed by atoms with E-state index >= 15 is 0 Å². The second-order valence-electron chi connectivity index (χ2n) is 6.15. The lowest BCUT2D eigenvalue weighted by atomic mass is 9.86. The average Bonchev–Trinajstić information content (AvgIpc) is 2.54. The van der Waals surface area contributed by atoms with E-state index in [2.05, 4.69) is 16.0 Å². The summed E-state index contributed by atoms with van der Waals surface area (Å²) < 4.78 is 0. The van der Waals surface area contributed by atoms with Crippen molar-refractivity contribution in [3.63, 3.8) is 0 Å². The number of hydrogen-bond donors (Lipinski definition) is 4. The number of amides is 2. The highest BCUT2D eigenvalue weighted by atomic mass is 16.4. The predicted molar refractivity (Wildman–Crippen MR) is 89.4 cm³/mol. The molecule has 0 radical (unpaired) electrons. The number of carboxylic acids is 1. The number of aliphatic carboxylic acids is 1. The summed E-state index contributed by atoms with van der Waals surface area (Å²) in [5, 5.41) is 18.1. The van der Waals surface area contributed by atoms with Gasteiger partial charge in [-0.2, -0.15) is 0 Å². The molecule has 0 heterocycles. The predicted octanol–water partition coefficient (Wildman–Crippen LogP) is 2.43. The van der Waals surface area contributed by atoms with E-state index in [1.807, 2.05) is 37.3 Å². The highest BCUT2D eigenvalue weighted by Gasteiger charge is 2.26. The molecule has 0 aromatic heterocycles. The zero-order chi connectivity index (χ0) is 16.7. The normalized spacial score (nSPS) is 22.0. The Morgan fingerprint density at radius 2 is 1.83 bits per heavy atom. The van der Waals surface area contributed by atoms with Gasteiger partial charge in [-0.1, -0.05) is 18.2 Å². The molecule has 1 aromatic carbocycles. The standard InChI is InChI=1S/C17H25N3O3/c1-12(11-18-14-5-3-2-4-6-14)19-17(23)20-15-9-7-13(8-10-15)16(21)22/h2-6,12-13,15,18H,7-11H2,1H3,(H,21,22)(H2,19,20,23). The lowest BCUT2D eigenvalue weighted by Crippen LogP contribution is -2.48. The minimum absolute atomic E-state index is 0.00874. The monoisotopic (exact) mass is 319 g/mol. The van der Waals surface area contributed by atoms with E-state index in [1.54, 1.807) is 0 Å². The molecule has 1 fully saturated rings. The van der Waals surface area contributed by atoms with Crippen LogP contribution in [0.5, 0.6) is 0 Å². The molecule has 23 heavy (non-hydrogen) atoms. The van der Waals surface area contributed by atoms with Gasteiger partial charge in [-0.05, 0) is 44.7 Å². The lowest BCUT2D eigenvalue weighted by Gasteiger charge is -2.27. The van der Waals surface area contributed by atoms with Crippen molar-refractivity contribution in [2.45, 2.75) is 44.7 Å². The summed E-state index contributed by atoms with van der Waals surface area (Å²) >= 11 is 0. The number of rotatable bonds is 6. The minimum Gasteiger partial charge on any atom is -0.481 e. The van der Waals surface area contributed by atoms with E-state index in [9.17, 15) is 9.59 Å². The SMILES string of the molecule is CC(CNc1ccccc1)NC(=O)NC1CCC(C(=O)O)CC1. The molecule has 1 aliphatic rings. The number of nitrogens with one attached hydrogen (secondary N) is 3. The molecule has 0 aliphatic heterocycles. The highest BCUT2D eigenvalue weighted by molar-refractivity contribution is 5.74. The van der Waals surface area contributed by atoms with E-state index in [4.69, 9.17) is 5.11 Å². The first-order valence-corrected chi connectivity index (χ1v) is 8.13. The van der Waals surface area contributed by atoms with Gasteiger partial charge in [0.25, 0.3) is 0 Å². The molecule has 1 unspecified atom stereocenters. The maximum Gasteiger partial charge on any atom is 0.315 e. The summed E-state index contributed by atoms with van der Waals surface area (Å²) in [7, 11) is 0. The molecular weight excluding hydrogens is 294 g/mol. The van der Waals surface area contributed by atoms with E-state index < -0.39 is 5.97 Å². The molecule has 6 heteroatoms. The number of carbonyl (C=O) groups excluding carboxylic acids is 1. The van der Waals surface area contributed by atoms with Crippen LogP contribution >= 0.6 is 0 Å². The smallest absolute Gasteiger partial charge is 0.315 e. The maximum atomic E-state index is 12.0. The zero-order valence-corrected chi connectivity index (χ0v) is 13.4. The lowest BCUT2D eigenvalue weighted by molar-refractivity contribution is -0.142. The van der Waals surface area contributed by atoms with E-state index in [0.29, 0.717) is 19.4 Å². The molecule has 1 saturated carbocycles. The van der Waals surface area contributed by atoms with Gasteiger partial charge in [0.05, 0.1) is 5.92 Å². The molecule has 0 spiro atoms. The first-order valence-electron chi connectivity index (χ1n) is 8.13. The average molecular weight is 319 g/mol. The first-order chi connectivity index (χ1) is 11.0. The van der Waals surface area contributed by atoms with Crippen molar-refractivity contribution in [3.8, 4) is 0 Å². The van der Waals surface area contributed by atoms with Crippen molar-refractivity contribution >= 4 is 17.7 Å². The van der Waals surface area contributed by atoms with Crippen molar-refractivity contribution in [1.29, 1.82) is 0 Å². The maximum absolute atomic E-state index is 12.0. The third-order valence-electron chi connectivity index (χ3n) is 4.18. The topological polar surface area (TPSA) is 90.5 Å². The van der Waals surface area contributed by atoms with Crippen LogP contribution in [0.1, 0.15) is 32.6 Å². The van der Waals surface area contributed by atoms with Gasteiger partial charge in [-0.3, -0.25) is 4.79 Å². The molecule has 2 amide bonds. The number of hydrogen-bond acceptors (Lipinski definition) is 3. The quantitative estimate of drug-likeness (QED) is 0.648. The molecule has 1 atom stereocenters. The molecule has 6 nitrogen and oxygen atoms in total. The Balaban J connectivity index is 1.65. The Morgan fingerprint density at radius 3 is 2.43 bits per heavy atom. The molecule has 4 N–H and O–H groups in total. The van der Waals surface area contributed by atoms with Crippen molar-refractivity contribution in [3.05, 3.63) is 30.3 Å². The second kappa shape index (κ2) is 8.41. The Bertz CT molecular complexity index is 513. The van der Waals surface area contributed by atoms with Gasteiger partial charge >= 0.3 is 12.0 Å². The highest BCUT2D eigenvalue weighted by Crippen LogP contribution is 2.24. The van der Waals surface area contributed by atoms with Crippen molar-refractivity contribution in [1.82, 2.24) is 10.6 Å². The second-order valence-corrected chi connectivity index (χ2v) is 6.15. The zero-order valence-electron chi connectivity index (χ0n) is 13.4. The molecule has 2 rings (SSSR count). The molecule has 0 saturated heterocycles. The van der Waals surface area contributed by atoms with E-state index in [-0.39, 0.29) is 24.0 Å². The van der Waals surface area contributed by atoms with Gasteiger partial charge in [0.1, 0.15) is 0 Å². The van der Waals surface area contributed by atoms with Gasteiger partial charge in [-0.15, -0.1) is 0 Å². The van der Waals surface area contributed by atoms with Gasteiger partial charge in [0.15, 0.2) is 0 Å². The first kappa shape index (κ1) is 17.1. The summed E-state index contributed by atoms with van der Waals surface area (Å²) in [4.78, 5) is 22.9. The molecule has 126 valence electrons. The van der Waals surface area contributed by atoms with Crippen LogP contribution in [0.4, 0.5) is 10.5 Å². The summed E-state index contributed by atoms with van der Waals surface area (Å²) in [6, 6.07) is 9.71. The van der Waals surface area contributed by atoms with Gasteiger partial charge in [-0.25, -0.2) is 4.79 Å². The summed E-state index contributed by atoms with van der Waals surface area (Å²) in [5.74, 6) is -0.987. The van der Waals surface area contributed by atoms with Crippen molar-refractivity contribution in [2.75, 3.05) is 11.9 Å².